The summed E-state index contributed by atoms with van der Waals surface area (Å²) in [6, 6.07) is 12.1. The molecule has 1 aromatic heterocycles. The van der Waals surface area contributed by atoms with E-state index in [4.69, 9.17) is 14.7 Å². The summed E-state index contributed by atoms with van der Waals surface area (Å²) < 4.78 is 21.5. The SMILES string of the molecule is CCc1cccc2cc(O)cc(N3CCc4c(nc(OCC56CC(F)CN5C5CCCC5C6)nc4N4CC5CCC(C4)N5)C3)c12. The number of rotatable bonds is 6. The summed E-state index contributed by atoms with van der Waals surface area (Å²) in [6.45, 7) is 6.54. The van der Waals surface area contributed by atoms with Crippen LogP contribution in [0.15, 0.2) is 30.3 Å². The van der Waals surface area contributed by atoms with Crippen molar-refractivity contribution in [2.45, 2.75) is 101 Å². The molecule has 0 radical (unpaired) electrons. The molecule has 4 saturated heterocycles. The van der Waals surface area contributed by atoms with Crippen LogP contribution in [0.1, 0.15) is 68.7 Å². The molecule has 3 aromatic rings. The van der Waals surface area contributed by atoms with Crippen LogP contribution in [0.3, 0.4) is 0 Å². The smallest absolute Gasteiger partial charge is 0.318 e. The van der Waals surface area contributed by atoms with Crippen LogP contribution in [0.25, 0.3) is 10.8 Å². The summed E-state index contributed by atoms with van der Waals surface area (Å²) in [5.41, 5.74) is 4.32. The van der Waals surface area contributed by atoms with Crippen molar-refractivity contribution in [1.82, 2.24) is 20.2 Å². The highest BCUT2D eigenvalue weighted by Crippen LogP contribution is 2.52. The van der Waals surface area contributed by atoms with Crippen LogP contribution in [0, 0.1) is 5.92 Å². The molecule has 238 valence electrons. The Morgan fingerprint density at radius 1 is 1.04 bits per heavy atom. The number of phenols is 1. The molecule has 1 aliphatic carbocycles. The van der Waals surface area contributed by atoms with E-state index in [2.05, 4.69) is 45.1 Å². The zero-order chi connectivity index (χ0) is 30.3. The van der Waals surface area contributed by atoms with Crippen LogP contribution in [-0.2, 0) is 19.4 Å². The van der Waals surface area contributed by atoms with Gasteiger partial charge in [-0.2, -0.15) is 9.97 Å². The highest BCUT2D eigenvalue weighted by atomic mass is 19.1. The number of hydrogen-bond donors (Lipinski definition) is 2. The number of alkyl halides is 1. The maximum Gasteiger partial charge on any atom is 0.318 e. The van der Waals surface area contributed by atoms with Crippen molar-refractivity contribution in [1.29, 1.82) is 0 Å². The molecular formula is C36H45FN6O2. The van der Waals surface area contributed by atoms with Gasteiger partial charge < -0.3 is 25.0 Å². The number of nitrogens with zero attached hydrogens (tertiary/aromatic N) is 5. The molecule has 0 amide bonds. The second-order valence-electron chi connectivity index (χ2n) is 14.7. The quantitative estimate of drug-likeness (QED) is 0.397. The van der Waals surface area contributed by atoms with E-state index in [1.807, 2.05) is 12.1 Å². The average Bonchev–Trinajstić information content (AvgIpc) is 3.78. The number of piperazine rings is 1. The van der Waals surface area contributed by atoms with Gasteiger partial charge in [0.15, 0.2) is 0 Å². The van der Waals surface area contributed by atoms with Crippen molar-refractivity contribution < 1.29 is 14.2 Å². The second kappa shape index (κ2) is 10.7. The zero-order valence-corrected chi connectivity index (χ0v) is 26.3. The van der Waals surface area contributed by atoms with Gasteiger partial charge in [0.2, 0.25) is 0 Å². The Labute approximate surface area is 265 Å². The van der Waals surface area contributed by atoms with E-state index in [9.17, 15) is 9.50 Å². The highest BCUT2D eigenvalue weighted by Gasteiger charge is 2.58. The molecule has 8 nitrogen and oxygen atoms in total. The number of aromatic nitrogens is 2. The van der Waals surface area contributed by atoms with Gasteiger partial charge in [0.05, 0.1) is 17.8 Å². The topological polar surface area (TPSA) is 77.0 Å². The molecular weight excluding hydrogens is 567 g/mol. The number of hydrogen-bond acceptors (Lipinski definition) is 8. The fourth-order valence-corrected chi connectivity index (χ4v) is 10.1. The number of ether oxygens (including phenoxy) is 1. The predicted molar refractivity (Wildman–Crippen MR) is 174 cm³/mol. The Hall–Kier alpha value is -3.17. The van der Waals surface area contributed by atoms with Gasteiger partial charge in [0.25, 0.3) is 0 Å². The number of nitrogens with one attached hydrogen (secondary N) is 1. The molecule has 6 unspecified atom stereocenters. The van der Waals surface area contributed by atoms with Crippen LogP contribution >= 0.6 is 0 Å². The highest BCUT2D eigenvalue weighted by molar-refractivity contribution is 5.98. The van der Waals surface area contributed by atoms with Crippen molar-refractivity contribution in [3.63, 3.8) is 0 Å². The fourth-order valence-electron chi connectivity index (χ4n) is 10.1. The molecule has 2 N–H and O–H groups in total. The summed E-state index contributed by atoms with van der Waals surface area (Å²) in [4.78, 5) is 17.6. The van der Waals surface area contributed by atoms with E-state index in [0.717, 1.165) is 61.5 Å². The largest absolute Gasteiger partial charge is 0.508 e. The van der Waals surface area contributed by atoms with Gasteiger partial charge in [-0.1, -0.05) is 31.5 Å². The zero-order valence-electron chi connectivity index (χ0n) is 26.3. The standard InChI is InChI=1S/C36H45FN6O2/c1-2-22-5-3-6-23-13-28(44)14-32(33(22)23)41-12-11-29-30(20-41)39-35(40-34(29)42-18-26-9-10-27(19-42)38-26)45-21-36-15-24-7-4-8-31(24)43(36)17-25(37)16-36/h3,5-6,13-14,24-27,31,38,44H,2,4,7-12,15-21H2,1H3. The van der Waals surface area contributed by atoms with E-state index >= 15 is 0 Å². The molecule has 1 saturated carbocycles. The van der Waals surface area contributed by atoms with Crippen molar-refractivity contribution in [2.24, 2.45) is 5.92 Å². The van der Waals surface area contributed by atoms with E-state index in [0.29, 0.717) is 56.2 Å². The lowest BCUT2D eigenvalue weighted by atomic mass is 9.89. The minimum Gasteiger partial charge on any atom is -0.508 e. The van der Waals surface area contributed by atoms with Crippen LogP contribution in [0.4, 0.5) is 15.9 Å². The lowest BCUT2D eigenvalue weighted by molar-refractivity contribution is 0.0829. The first-order valence-corrected chi connectivity index (χ1v) is 17.4. The third kappa shape index (κ3) is 4.67. The van der Waals surface area contributed by atoms with Crippen LogP contribution in [0.2, 0.25) is 0 Å². The lowest BCUT2D eigenvalue weighted by Crippen LogP contribution is -2.52. The number of anilines is 2. The minimum absolute atomic E-state index is 0.244. The monoisotopic (exact) mass is 612 g/mol. The predicted octanol–water partition coefficient (Wildman–Crippen LogP) is 5.13. The third-order valence-electron chi connectivity index (χ3n) is 12.0. The van der Waals surface area contributed by atoms with E-state index in [1.165, 1.54) is 48.6 Å². The van der Waals surface area contributed by atoms with Crippen LogP contribution < -0.4 is 19.9 Å². The molecule has 45 heavy (non-hydrogen) atoms. The minimum atomic E-state index is -0.787. The molecule has 6 aliphatic rings. The van der Waals surface area contributed by atoms with Gasteiger partial charge in [0, 0.05) is 73.4 Å². The Bertz CT molecular complexity index is 1620. The van der Waals surface area contributed by atoms with E-state index < -0.39 is 6.17 Å². The summed E-state index contributed by atoms with van der Waals surface area (Å²) in [7, 11) is 0. The lowest BCUT2D eigenvalue weighted by Gasteiger charge is -2.38. The van der Waals surface area contributed by atoms with E-state index in [1.54, 1.807) is 0 Å². The molecule has 9 rings (SSSR count). The molecule has 2 bridgehead atoms. The van der Waals surface area contributed by atoms with Gasteiger partial charge in [-0.05, 0) is 67.9 Å². The number of aromatic hydroxyl groups is 1. The van der Waals surface area contributed by atoms with Crippen LogP contribution in [-0.4, -0.2) is 82.6 Å². The van der Waals surface area contributed by atoms with Gasteiger partial charge >= 0.3 is 6.01 Å². The average molecular weight is 613 g/mol. The second-order valence-corrected chi connectivity index (χ2v) is 14.7. The maximum absolute atomic E-state index is 14.9. The molecule has 5 fully saturated rings. The number of benzene rings is 2. The Morgan fingerprint density at radius 3 is 2.76 bits per heavy atom. The first-order valence-electron chi connectivity index (χ1n) is 17.4. The summed E-state index contributed by atoms with van der Waals surface area (Å²) in [6.07, 6.45) is 8.66. The summed E-state index contributed by atoms with van der Waals surface area (Å²) in [5, 5.41) is 16.8. The molecule has 6 atom stereocenters. The number of fused-ring (bicyclic) bond motifs is 7. The van der Waals surface area contributed by atoms with Gasteiger partial charge in [-0.3, -0.25) is 4.90 Å². The molecule has 0 spiro atoms. The van der Waals surface area contributed by atoms with Crippen molar-refractivity contribution in [2.75, 3.05) is 42.6 Å². The third-order valence-corrected chi connectivity index (χ3v) is 12.0. The maximum atomic E-state index is 14.9. The number of aryl methyl sites for hydroxylation is 1. The van der Waals surface area contributed by atoms with Crippen molar-refractivity contribution in [3.8, 4) is 11.8 Å². The van der Waals surface area contributed by atoms with Gasteiger partial charge in [-0.25, -0.2) is 4.39 Å². The molecule has 2 aromatic carbocycles. The first-order chi connectivity index (χ1) is 22.0. The van der Waals surface area contributed by atoms with Crippen LogP contribution in [0.5, 0.6) is 11.8 Å². The summed E-state index contributed by atoms with van der Waals surface area (Å²) in [5.74, 6) is 1.97. The first kappa shape index (κ1) is 28.1. The molecule has 9 heteroatoms. The number of phenolic OH excluding ortho intramolecular Hbond substituents is 1. The van der Waals surface area contributed by atoms with E-state index in [-0.39, 0.29) is 11.3 Å². The molecule has 6 heterocycles. The molecule has 5 aliphatic heterocycles. The summed E-state index contributed by atoms with van der Waals surface area (Å²) >= 11 is 0. The van der Waals surface area contributed by atoms with Gasteiger partial charge in [0.1, 0.15) is 24.3 Å². The normalized spacial score (nSPS) is 32.3. The van der Waals surface area contributed by atoms with Crippen molar-refractivity contribution >= 4 is 22.3 Å². The fraction of sp³-hybridized carbons (Fsp3) is 0.611. The Balaban J connectivity index is 1.07. The Kier molecular flexibility index (Phi) is 6.67. The number of halogens is 1. The Morgan fingerprint density at radius 2 is 1.91 bits per heavy atom. The van der Waals surface area contributed by atoms with Gasteiger partial charge in [-0.15, -0.1) is 0 Å². The van der Waals surface area contributed by atoms with Crippen molar-refractivity contribution in [3.05, 3.63) is 47.2 Å².